The number of rotatable bonds is 2. The lowest BCUT2D eigenvalue weighted by Gasteiger charge is -2.34. The molecule has 0 radical (unpaired) electrons. The highest BCUT2D eigenvalue weighted by Gasteiger charge is 2.34. The molecule has 1 fully saturated rings. The Morgan fingerprint density at radius 2 is 2.25 bits per heavy atom. The summed E-state index contributed by atoms with van der Waals surface area (Å²) in [4.78, 5) is 24.9. The van der Waals surface area contributed by atoms with E-state index in [1.165, 1.54) is 4.90 Å². The molecule has 2 unspecified atom stereocenters. The number of hydrogen-bond donors (Lipinski definition) is 1. The molecule has 1 N–H and O–H groups in total. The van der Waals surface area contributed by atoms with Crippen molar-refractivity contribution in [2.24, 2.45) is 11.8 Å². The summed E-state index contributed by atoms with van der Waals surface area (Å²) in [7, 11) is 0. The third-order valence-corrected chi connectivity index (χ3v) is 2.85. The summed E-state index contributed by atoms with van der Waals surface area (Å²) < 4.78 is 0. The van der Waals surface area contributed by atoms with Crippen LogP contribution in [0.25, 0.3) is 0 Å². The van der Waals surface area contributed by atoms with Crippen molar-refractivity contribution in [2.45, 2.75) is 26.8 Å². The van der Waals surface area contributed by atoms with E-state index in [-0.39, 0.29) is 17.7 Å². The van der Waals surface area contributed by atoms with Crippen molar-refractivity contribution in [1.82, 2.24) is 10.2 Å². The van der Waals surface area contributed by atoms with Crippen molar-refractivity contribution in [1.29, 1.82) is 5.26 Å². The van der Waals surface area contributed by atoms with Gasteiger partial charge >= 0.3 is 0 Å². The number of nitrogens with one attached hydrogen (secondary N) is 1. The van der Waals surface area contributed by atoms with Crippen LogP contribution in [-0.2, 0) is 9.59 Å². The first kappa shape index (κ1) is 12.5. The minimum atomic E-state index is -0.659. The third-order valence-electron chi connectivity index (χ3n) is 2.85. The molecule has 2 atom stereocenters. The molecule has 1 rings (SSSR count). The third kappa shape index (κ3) is 2.32. The number of carbonyl (C=O) groups excluding carboxylic acids is 2. The van der Waals surface area contributed by atoms with E-state index in [1.807, 2.05) is 19.9 Å². The zero-order chi connectivity index (χ0) is 12.3. The van der Waals surface area contributed by atoms with E-state index >= 15 is 0 Å². The molecule has 88 valence electrons. The van der Waals surface area contributed by atoms with Crippen LogP contribution < -0.4 is 5.32 Å². The summed E-state index contributed by atoms with van der Waals surface area (Å²) >= 11 is 0. The van der Waals surface area contributed by atoms with Crippen LogP contribution in [0.1, 0.15) is 20.8 Å². The smallest absolute Gasteiger partial charge is 0.242 e. The van der Waals surface area contributed by atoms with Crippen LogP contribution in [0, 0.1) is 23.2 Å². The lowest BCUT2D eigenvalue weighted by Crippen LogP contribution is -2.57. The molecule has 0 bridgehead atoms. The van der Waals surface area contributed by atoms with Gasteiger partial charge in [-0.1, -0.05) is 13.8 Å². The maximum Gasteiger partial charge on any atom is 0.242 e. The first-order valence-corrected chi connectivity index (χ1v) is 5.46. The van der Waals surface area contributed by atoms with Crippen LogP contribution in [0.3, 0.4) is 0 Å². The standard InChI is InChI=1S/C11H17N3O2/c1-7(2)9(6-12)11(16)14-5-4-13-10(15)8(14)3/h7-9H,4-5H2,1-3H3,(H,13,15). The zero-order valence-corrected chi connectivity index (χ0v) is 9.86. The van der Waals surface area contributed by atoms with Gasteiger partial charge in [0, 0.05) is 13.1 Å². The van der Waals surface area contributed by atoms with Crippen molar-refractivity contribution in [3.8, 4) is 6.07 Å². The number of piperazine rings is 1. The monoisotopic (exact) mass is 223 g/mol. The first-order valence-electron chi connectivity index (χ1n) is 5.46. The Hall–Kier alpha value is -1.57. The molecular weight excluding hydrogens is 206 g/mol. The predicted octanol–water partition coefficient (Wildman–Crippen LogP) is 0.129. The minimum absolute atomic E-state index is 0.0327. The highest BCUT2D eigenvalue weighted by molar-refractivity contribution is 5.90. The van der Waals surface area contributed by atoms with Gasteiger partial charge < -0.3 is 10.2 Å². The Bertz CT molecular complexity index is 333. The summed E-state index contributed by atoms with van der Waals surface area (Å²) in [6.45, 7) is 6.30. The largest absolute Gasteiger partial charge is 0.353 e. The van der Waals surface area contributed by atoms with Crippen LogP contribution >= 0.6 is 0 Å². The molecule has 5 heteroatoms. The average molecular weight is 223 g/mol. The fourth-order valence-electron chi connectivity index (χ4n) is 1.75. The Balaban J connectivity index is 2.80. The average Bonchev–Trinajstić information content (AvgIpc) is 2.22. The molecule has 0 aromatic heterocycles. The maximum atomic E-state index is 12.1. The summed E-state index contributed by atoms with van der Waals surface area (Å²) in [5.74, 6) is -1.08. The van der Waals surface area contributed by atoms with Gasteiger partial charge in [0.1, 0.15) is 12.0 Å². The van der Waals surface area contributed by atoms with Gasteiger partial charge in [-0.05, 0) is 12.8 Å². The maximum absolute atomic E-state index is 12.1. The predicted molar refractivity (Wildman–Crippen MR) is 58.1 cm³/mol. The van der Waals surface area contributed by atoms with E-state index in [0.717, 1.165) is 0 Å². The SMILES string of the molecule is CC(C)C(C#N)C(=O)N1CCNC(=O)C1C. The number of amides is 2. The minimum Gasteiger partial charge on any atom is -0.353 e. The normalized spacial score (nSPS) is 22.6. The Morgan fingerprint density at radius 1 is 1.62 bits per heavy atom. The van der Waals surface area contributed by atoms with Crippen LogP contribution in [0.15, 0.2) is 0 Å². The van der Waals surface area contributed by atoms with Crippen molar-refractivity contribution >= 4 is 11.8 Å². The molecule has 0 aromatic carbocycles. The van der Waals surface area contributed by atoms with Crippen molar-refractivity contribution in [3.63, 3.8) is 0 Å². The van der Waals surface area contributed by atoms with E-state index in [2.05, 4.69) is 5.32 Å². The second-order valence-corrected chi connectivity index (χ2v) is 4.35. The highest BCUT2D eigenvalue weighted by Crippen LogP contribution is 2.16. The van der Waals surface area contributed by atoms with Gasteiger partial charge in [0.05, 0.1) is 6.07 Å². The fraction of sp³-hybridized carbons (Fsp3) is 0.727. The van der Waals surface area contributed by atoms with E-state index < -0.39 is 12.0 Å². The van der Waals surface area contributed by atoms with Gasteiger partial charge in [0.15, 0.2) is 0 Å². The Morgan fingerprint density at radius 3 is 2.75 bits per heavy atom. The molecule has 16 heavy (non-hydrogen) atoms. The van der Waals surface area contributed by atoms with Crippen LogP contribution in [0.5, 0.6) is 0 Å². The second-order valence-electron chi connectivity index (χ2n) is 4.35. The van der Waals surface area contributed by atoms with Crippen LogP contribution in [0.2, 0.25) is 0 Å². The molecule has 2 amide bonds. The molecular formula is C11H17N3O2. The van der Waals surface area contributed by atoms with Crippen molar-refractivity contribution in [2.75, 3.05) is 13.1 Å². The van der Waals surface area contributed by atoms with Crippen LogP contribution in [-0.4, -0.2) is 35.8 Å². The lowest BCUT2D eigenvalue weighted by molar-refractivity contribution is -0.145. The van der Waals surface area contributed by atoms with Crippen molar-refractivity contribution < 1.29 is 9.59 Å². The summed E-state index contributed by atoms with van der Waals surface area (Å²) in [6.07, 6.45) is 0. The van der Waals surface area contributed by atoms with Crippen LogP contribution in [0.4, 0.5) is 0 Å². The molecule has 1 aliphatic heterocycles. The molecule has 1 heterocycles. The quantitative estimate of drug-likeness (QED) is 0.723. The lowest BCUT2D eigenvalue weighted by atomic mass is 9.95. The van der Waals surface area contributed by atoms with Gasteiger partial charge in [-0.15, -0.1) is 0 Å². The number of hydrogen-bond acceptors (Lipinski definition) is 3. The summed E-state index contributed by atoms with van der Waals surface area (Å²) in [5.41, 5.74) is 0. The van der Waals surface area contributed by atoms with Gasteiger partial charge in [-0.3, -0.25) is 9.59 Å². The Kier molecular flexibility index (Phi) is 3.88. The second kappa shape index (κ2) is 4.97. The molecule has 1 aliphatic rings. The topological polar surface area (TPSA) is 73.2 Å². The molecule has 1 saturated heterocycles. The summed E-state index contributed by atoms with van der Waals surface area (Å²) in [5, 5.41) is 11.6. The molecule has 0 saturated carbocycles. The zero-order valence-electron chi connectivity index (χ0n) is 9.86. The van der Waals surface area contributed by atoms with E-state index in [0.29, 0.717) is 13.1 Å². The summed E-state index contributed by atoms with van der Waals surface area (Å²) in [6, 6.07) is 1.53. The fourth-order valence-corrected chi connectivity index (χ4v) is 1.75. The molecule has 0 aromatic rings. The number of nitriles is 1. The van der Waals surface area contributed by atoms with Gasteiger partial charge in [0.25, 0.3) is 0 Å². The van der Waals surface area contributed by atoms with Gasteiger partial charge in [0.2, 0.25) is 11.8 Å². The van der Waals surface area contributed by atoms with Gasteiger partial charge in [-0.2, -0.15) is 5.26 Å². The van der Waals surface area contributed by atoms with E-state index in [1.54, 1.807) is 6.92 Å². The number of nitrogens with zero attached hydrogens (tertiary/aromatic N) is 2. The first-order chi connectivity index (χ1) is 7.49. The molecule has 0 spiro atoms. The van der Waals surface area contributed by atoms with Crippen molar-refractivity contribution in [3.05, 3.63) is 0 Å². The van der Waals surface area contributed by atoms with E-state index in [9.17, 15) is 9.59 Å². The Labute approximate surface area is 95.4 Å². The van der Waals surface area contributed by atoms with Gasteiger partial charge in [-0.25, -0.2) is 0 Å². The molecule has 0 aliphatic carbocycles. The van der Waals surface area contributed by atoms with E-state index in [4.69, 9.17) is 5.26 Å². The number of carbonyl (C=O) groups is 2. The molecule has 5 nitrogen and oxygen atoms in total. The highest BCUT2D eigenvalue weighted by atomic mass is 16.2.